The lowest BCUT2D eigenvalue weighted by atomic mass is 10.3. The third kappa shape index (κ3) is 3.04. The van der Waals surface area contributed by atoms with Gasteiger partial charge in [0.2, 0.25) is 0 Å². The van der Waals surface area contributed by atoms with Crippen molar-refractivity contribution in [2.75, 3.05) is 6.26 Å². The minimum absolute atomic E-state index is 0.277. The van der Waals surface area contributed by atoms with E-state index in [0.717, 1.165) is 0 Å². The first kappa shape index (κ1) is 11.6. The summed E-state index contributed by atoms with van der Waals surface area (Å²) in [4.78, 5) is 4.15. The second kappa shape index (κ2) is 4.55. The van der Waals surface area contributed by atoms with Gasteiger partial charge in [-0.05, 0) is 36.4 Å². The van der Waals surface area contributed by atoms with Gasteiger partial charge in [-0.1, -0.05) is 0 Å². The zero-order valence-electron chi connectivity index (χ0n) is 9.20. The van der Waals surface area contributed by atoms with E-state index in [4.69, 9.17) is 4.74 Å². The number of benzene rings is 1. The van der Waals surface area contributed by atoms with Gasteiger partial charge in [0, 0.05) is 18.6 Å². The number of aromatic nitrogens is 1. The van der Waals surface area contributed by atoms with Gasteiger partial charge in [-0.15, -0.1) is 0 Å². The predicted molar refractivity (Wildman–Crippen MR) is 63.9 cm³/mol. The fourth-order valence-electron chi connectivity index (χ4n) is 1.30. The van der Waals surface area contributed by atoms with Crippen LogP contribution in [0, 0.1) is 0 Å². The van der Waals surface area contributed by atoms with Crippen molar-refractivity contribution in [3.8, 4) is 11.5 Å². The maximum atomic E-state index is 11.3. The van der Waals surface area contributed by atoms with E-state index in [2.05, 4.69) is 4.98 Å². The maximum Gasteiger partial charge on any atom is 0.175 e. The average Bonchev–Trinajstić information content (AvgIpc) is 2.30. The first-order valence-corrected chi connectivity index (χ1v) is 6.83. The van der Waals surface area contributed by atoms with Gasteiger partial charge in [-0.2, -0.15) is 0 Å². The van der Waals surface area contributed by atoms with Crippen molar-refractivity contribution in [1.29, 1.82) is 0 Å². The van der Waals surface area contributed by atoms with E-state index < -0.39 is 9.84 Å². The average molecular weight is 249 g/mol. The van der Waals surface area contributed by atoms with E-state index in [1.54, 1.807) is 36.7 Å². The van der Waals surface area contributed by atoms with Crippen LogP contribution in [0.2, 0.25) is 0 Å². The van der Waals surface area contributed by atoms with Crippen molar-refractivity contribution in [1.82, 2.24) is 4.98 Å². The van der Waals surface area contributed by atoms with Crippen molar-refractivity contribution >= 4 is 9.84 Å². The van der Waals surface area contributed by atoms with Gasteiger partial charge >= 0.3 is 0 Å². The summed E-state index contributed by atoms with van der Waals surface area (Å²) >= 11 is 0. The van der Waals surface area contributed by atoms with Crippen molar-refractivity contribution in [2.24, 2.45) is 0 Å². The molecule has 0 saturated heterocycles. The normalized spacial score (nSPS) is 11.1. The molecule has 88 valence electrons. The van der Waals surface area contributed by atoms with Crippen LogP contribution in [0.15, 0.2) is 53.7 Å². The Morgan fingerprint density at radius 3 is 2.00 bits per heavy atom. The molecule has 2 aromatic rings. The molecule has 2 rings (SSSR count). The highest BCUT2D eigenvalue weighted by molar-refractivity contribution is 7.90. The Morgan fingerprint density at radius 1 is 0.941 bits per heavy atom. The van der Waals surface area contributed by atoms with Crippen LogP contribution in [0.4, 0.5) is 0 Å². The van der Waals surface area contributed by atoms with Gasteiger partial charge in [0.15, 0.2) is 9.84 Å². The van der Waals surface area contributed by atoms with Gasteiger partial charge < -0.3 is 4.74 Å². The lowest BCUT2D eigenvalue weighted by Crippen LogP contribution is -1.96. The third-order valence-corrected chi connectivity index (χ3v) is 3.27. The molecule has 0 atom stereocenters. The van der Waals surface area contributed by atoms with Gasteiger partial charge in [-0.3, -0.25) is 4.98 Å². The van der Waals surface area contributed by atoms with Crippen LogP contribution in [-0.2, 0) is 9.84 Å². The topological polar surface area (TPSA) is 56.3 Å². The van der Waals surface area contributed by atoms with Crippen LogP contribution in [0.25, 0.3) is 0 Å². The van der Waals surface area contributed by atoms with Crippen LogP contribution >= 0.6 is 0 Å². The standard InChI is InChI=1S/C12H11NO3S/c1-17(14,15)12-4-2-10(3-5-12)16-11-6-8-13-9-7-11/h2-9H,1H3. The highest BCUT2D eigenvalue weighted by Crippen LogP contribution is 2.21. The minimum atomic E-state index is -3.16. The summed E-state index contributed by atoms with van der Waals surface area (Å²) < 4.78 is 28.0. The molecule has 0 fully saturated rings. The number of rotatable bonds is 3. The maximum absolute atomic E-state index is 11.3. The molecule has 4 nitrogen and oxygen atoms in total. The highest BCUT2D eigenvalue weighted by atomic mass is 32.2. The van der Waals surface area contributed by atoms with E-state index >= 15 is 0 Å². The number of pyridine rings is 1. The van der Waals surface area contributed by atoms with E-state index in [9.17, 15) is 8.42 Å². The molecule has 1 heterocycles. The number of ether oxygens (including phenoxy) is 1. The first-order valence-electron chi connectivity index (χ1n) is 4.94. The van der Waals surface area contributed by atoms with Gasteiger partial charge in [-0.25, -0.2) is 8.42 Å². The number of hydrogen-bond donors (Lipinski definition) is 0. The number of hydrogen-bond acceptors (Lipinski definition) is 4. The predicted octanol–water partition coefficient (Wildman–Crippen LogP) is 2.28. The molecule has 1 aromatic heterocycles. The Bertz CT molecular complexity index is 591. The molecule has 0 bridgehead atoms. The molecule has 0 amide bonds. The molecule has 5 heteroatoms. The van der Waals surface area contributed by atoms with Crippen molar-refractivity contribution in [3.63, 3.8) is 0 Å². The third-order valence-electron chi connectivity index (χ3n) is 2.14. The molecule has 0 N–H and O–H groups in total. The molecule has 0 saturated carbocycles. The largest absolute Gasteiger partial charge is 0.457 e. The Morgan fingerprint density at radius 2 is 1.47 bits per heavy atom. The van der Waals surface area contributed by atoms with E-state index in [1.165, 1.54) is 18.4 Å². The molecular formula is C12H11NO3S. The van der Waals surface area contributed by atoms with Crippen molar-refractivity contribution in [3.05, 3.63) is 48.8 Å². The summed E-state index contributed by atoms with van der Waals surface area (Å²) in [6.45, 7) is 0. The fraction of sp³-hybridized carbons (Fsp3) is 0.0833. The van der Waals surface area contributed by atoms with E-state index in [0.29, 0.717) is 11.5 Å². The molecule has 1 aromatic carbocycles. The smallest absolute Gasteiger partial charge is 0.175 e. The molecule has 0 unspecified atom stereocenters. The molecule has 0 aliphatic rings. The van der Waals surface area contributed by atoms with Gasteiger partial charge in [0.1, 0.15) is 11.5 Å². The summed E-state index contributed by atoms with van der Waals surface area (Å²) in [6, 6.07) is 9.74. The quantitative estimate of drug-likeness (QED) is 0.837. The Labute approximate surface area is 99.8 Å². The summed E-state index contributed by atoms with van der Waals surface area (Å²) in [5, 5.41) is 0. The molecule has 0 aliphatic heterocycles. The molecule has 0 radical (unpaired) electrons. The molecular weight excluding hydrogens is 238 g/mol. The van der Waals surface area contributed by atoms with Crippen LogP contribution < -0.4 is 4.74 Å². The van der Waals surface area contributed by atoms with Crippen molar-refractivity contribution in [2.45, 2.75) is 4.90 Å². The summed E-state index contributed by atoms with van der Waals surface area (Å²) in [5.41, 5.74) is 0. The fourth-order valence-corrected chi connectivity index (χ4v) is 1.93. The molecule has 17 heavy (non-hydrogen) atoms. The summed E-state index contributed by atoms with van der Waals surface area (Å²) in [7, 11) is -3.16. The summed E-state index contributed by atoms with van der Waals surface area (Å²) in [5.74, 6) is 1.25. The van der Waals surface area contributed by atoms with Crippen molar-refractivity contribution < 1.29 is 13.2 Å². The zero-order chi connectivity index (χ0) is 12.3. The zero-order valence-corrected chi connectivity index (χ0v) is 10.0. The van der Waals surface area contributed by atoms with Gasteiger partial charge in [0.25, 0.3) is 0 Å². The van der Waals surface area contributed by atoms with Crippen LogP contribution in [0.3, 0.4) is 0 Å². The Balaban J connectivity index is 2.20. The SMILES string of the molecule is CS(=O)(=O)c1ccc(Oc2ccncc2)cc1. The lowest BCUT2D eigenvalue weighted by molar-refractivity contribution is 0.481. The molecule has 0 aliphatic carbocycles. The van der Waals surface area contributed by atoms with E-state index in [-0.39, 0.29) is 4.90 Å². The Kier molecular flexibility index (Phi) is 3.10. The van der Waals surface area contributed by atoms with Crippen LogP contribution in [0.1, 0.15) is 0 Å². The monoisotopic (exact) mass is 249 g/mol. The van der Waals surface area contributed by atoms with Crippen LogP contribution in [-0.4, -0.2) is 19.7 Å². The second-order valence-corrected chi connectivity index (χ2v) is 5.54. The Hall–Kier alpha value is -1.88. The summed E-state index contributed by atoms with van der Waals surface area (Å²) in [6.07, 6.45) is 4.42. The lowest BCUT2D eigenvalue weighted by Gasteiger charge is -2.05. The highest BCUT2D eigenvalue weighted by Gasteiger charge is 2.06. The number of nitrogens with zero attached hydrogens (tertiary/aromatic N) is 1. The van der Waals surface area contributed by atoms with Crippen LogP contribution in [0.5, 0.6) is 11.5 Å². The van der Waals surface area contributed by atoms with E-state index in [1.807, 2.05) is 0 Å². The van der Waals surface area contributed by atoms with Gasteiger partial charge in [0.05, 0.1) is 4.90 Å². The second-order valence-electron chi connectivity index (χ2n) is 3.53. The first-order chi connectivity index (χ1) is 8.05. The minimum Gasteiger partial charge on any atom is -0.457 e. The number of sulfone groups is 1. The molecule has 0 spiro atoms.